The van der Waals surface area contributed by atoms with Gasteiger partial charge in [-0.05, 0) is 49.6 Å². The summed E-state index contributed by atoms with van der Waals surface area (Å²) in [4.78, 5) is 0. The molecule has 7 heteroatoms. The van der Waals surface area contributed by atoms with Crippen LogP contribution >= 0.6 is 43.2 Å². The summed E-state index contributed by atoms with van der Waals surface area (Å²) in [6, 6.07) is 5.03. The SMILES string of the molecule is NCC(c1ccc(F)cc1F)C(O)c1cc(Br)sc1Br. The van der Waals surface area contributed by atoms with E-state index in [2.05, 4.69) is 31.9 Å². The zero-order chi connectivity index (χ0) is 14.9. The molecule has 2 nitrogen and oxygen atoms in total. The third-order valence-corrected chi connectivity index (χ3v) is 5.38. The number of rotatable bonds is 4. The van der Waals surface area contributed by atoms with Gasteiger partial charge in [-0.2, -0.15) is 0 Å². The number of hydrogen-bond acceptors (Lipinski definition) is 3. The van der Waals surface area contributed by atoms with E-state index in [1.165, 1.54) is 17.4 Å². The Bertz CT molecular complexity index is 620. The van der Waals surface area contributed by atoms with Crippen LogP contribution in [0, 0.1) is 11.6 Å². The Morgan fingerprint density at radius 1 is 1.20 bits per heavy atom. The van der Waals surface area contributed by atoms with Crippen LogP contribution in [0.2, 0.25) is 0 Å². The Morgan fingerprint density at radius 2 is 1.90 bits per heavy atom. The van der Waals surface area contributed by atoms with Crippen LogP contribution in [0.4, 0.5) is 8.78 Å². The predicted octanol–water partition coefficient (Wildman–Crippen LogP) is 4.33. The lowest BCUT2D eigenvalue weighted by atomic mass is 9.90. The Balaban J connectivity index is 2.39. The highest BCUT2D eigenvalue weighted by Crippen LogP contribution is 2.40. The average molecular weight is 427 g/mol. The van der Waals surface area contributed by atoms with Crippen molar-refractivity contribution in [1.82, 2.24) is 0 Å². The van der Waals surface area contributed by atoms with Crippen LogP contribution < -0.4 is 5.73 Å². The Morgan fingerprint density at radius 3 is 2.40 bits per heavy atom. The maximum atomic E-state index is 13.8. The molecule has 0 saturated carbocycles. The molecule has 2 unspecified atom stereocenters. The summed E-state index contributed by atoms with van der Waals surface area (Å²) < 4.78 is 28.4. The molecule has 2 rings (SSSR count). The number of aliphatic hydroxyl groups is 1. The number of aliphatic hydroxyl groups excluding tert-OH is 1. The summed E-state index contributed by atoms with van der Waals surface area (Å²) in [7, 11) is 0. The topological polar surface area (TPSA) is 46.2 Å². The van der Waals surface area contributed by atoms with Crippen molar-refractivity contribution in [3.8, 4) is 0 Å². The zero-order valence-corrected chi connectivity index (χ0v) is 14.1. The molecule has 1 heterocycles. The number of halogens is 4. The van der Waals surface area contributed by atoms with Crippen LogP contribution in [0.1, 0.15) is 23.1 Å². The highest BCUT2D eigenvalue weighted by atomic mass is 79.9. The van der Waals surface area contributed by atoms with Gasteiger partial charge >= 0.3 is 0 Å². The lowest BCUT2D eigenvalue weighted by molar-refractivity contribution is 0.145. The summed E-state index contributed by atoms with van der Waals surface area (Å²) in [5.41, 5.74) is 6.49. The van der Waals surface area contributed by atoms with Gasteiger partial charge in [-0.15, -0.1) is 11.3 Å². The second-order valence-electron chi connectivity index (χ2n) is 4.23. The number of benzene rings is 1. The van der Waals surface area contributed by atoms with E-state index in [0.29, 0.717) is 5.56 Å². The summed E-state index contributed by atoms with van der Waals surface area (Å²) in [6.45, 7) is 0.0453. The van der Waals surface area contributed by atoms with Crippen LogP contribution in [0.25, 0.3) is 0 Å². The standard InChI is InChI=1S/C13H11Br2F2NOS/c14-11-4-8(13(15)20-11)12(19)9(5-18)7-2-1-6(16)3-10(7)17/h1-4,9,12,19H,5,18H2. The first-order valence-electron chi connectivity index (χ1n) is 5.71. The van der Waals surface area contributed by atoms with Crippen molar-refractivity contribution in [3.05, 3.63) is 54.6 Å². The highest BCUT2D eigenvalue weighted by Gasteiger charge is 2.27. The molecule has 0 aliphatic carbocycles. The molecule has 1 aromatic carbocycles. The van der Waals surface area contributed by atoms with E-state index in [0.717, 1.165) is 19.7 Å². The lowest BCUT2D eigenvalue weighted by Crippen LogP contribution is -2.21. The van der Waals surface area contributed by atoms with Gasteiger partial charge in [0, 0.05) is 24.1 Å². The van der Waals surface area contributed by atoms with Gasteiger partial charge < -0.3 is 10.8 Å². The van der Waals surface area contributed by atoms with Crippen LogP contribution in [0.15, 0.2) is 31.8 Å². The van der Waals surface area contributed by atoms with Crippen molar-refractivity contribution in [2.45, 2.75) is 12.0 Å². The molecular weight excluding hydrogens is 416 g/mol. The molecule has 0 aliphatic heterocycles. The van der Waals surface area contributed by atoms with Gasteiger partial charge in [0.15, 0.2) is 0 Å². The van der Waals surface area contributed by atoms with Crippen molar-refractivity contribution in [3.63, 3.8) is 0 Å². The molecule has 1 aromatic heterocycles. The second-order valence-corrected chi connectivity index (χ2v) is 7.98. The van der Waals surface area contributed by atoms with E-state index >= 15 is 0 Å². The minimum absolute atomic E-state index is 0.0453. The molecular formula is C13H11Br2F2NOS. The molecule has 0 amide bonds. The van der Waals surface area contributed by atoms with E-state index in [1.54, 1.807) is 6.07 Å². The molecule has 108 valence electrons. The maximum Gasteiger partial charge on any atom is 0.129 e. The lowest BCUT2D eigenvalue weighted by Gasteiger charge is -2.22. The summed E-state index contributed by atoms with van der Waals surface area (Å²) in [5, 5.41) is 10.4. The monoisotopic (exact) mass is 425 g/mol. The summed E-state index contributed by atoms with van der Waals surface area (Å²) in [6.07, 6.45) is -0.975. The van der Waals surface area contributed by atoms with E-state index in [1.807, 2.05) is 0 Å². The van der Waals surface area contributed by atoms with E-state index in [4.69, 9.17) is 5.73 Å². The third-order valence-electron chi connectivity index (χ3n) is 3.00. The second kappa shape index (κ2) is 6.62. The molecule has 0 fully saturated rings. The van der Waals surface area contributed by atoms with Gasteiger partial charge in [-0.3, -0.25) is 0 Å². The first-order valence-corrected chi connectivity index (χ1v) is 8.12. The van der Waals surface area contributed by atoms with Gasteiger partial charge in [-0.25, -0.2) is 8.78 Å². The fourth-order valence-corrected chi connectivity index (χ4v) is 4.91. The van der Waals surface area contributed by atoms with Crippen LogP contribution in [0.3, 0.4) is 0 Å². The molecule has 0 aliphatic rings. The molecule has 20 heavy (non-hydrogen) atoms. The first kappa shape index (κ1) is 16.0. The van der Waals surface area contributed by atoms with Crippen LogP contribution in [0.5, 0.6) is 0 Å². The molecule has 0 bridgehead atoms. The smallest absolute Gasteiger partial charge is 0.129 e. The first-order chi connectivity index (χ1) is 9.43. The minimum atomic E-state index is -0.975. The quantitative estimate of drug-likeness (QED) is 0.764. The normalized spacial score (nSPS) is 14.3. The zero-order valence-electron chi connectivity index (χ0n) is 10.1. The summed E-state index contributed by atoms with van der Waals surface area (Å²) in [5.74, 6) is -2.01. The largest absolute Gasteiger partial charge is 0.388 e. The molecule has 2 atom stereocenters. The van der Waals surface area contributed by atoms with Gasteiger partial charge in [0.05, 0.1) is 13.7 Å². The van der Waals surface area contributed by atoms with Gasteiger partial charge in [-0.1, -0.05) is 6.07 Å². The van der Waals surface area contributed by atoms with Crippen LogP contribution in [-0.4, -0.2) is 11.7 Å². The molecule has 2 aromatic rings. The number of nitrogens with two attached hydrogens (primary N) is 1. The Labute approximate surface area is 135 Å². The molecule has 3 N–H and O–H groups in total. The summed E-state index contributed by atoms with van der Waals surface area (Å²) >= 11 is 8.08. The average Bonchev–Trinajstić information content (AvgIpc) is 2.71. The van der Waals surface area contributed by atoms with E-state index in [9.17, 15) is 13.9 Å². The van der Waals surface area contributed by atoms with Crippen molar-refractivity contribution in [1.29, 1.82) is 0 Å². The van der Waals surface area contributed by atoms with Crippen molar-refractivity contribution >= 4 is 43.2 Å². The molecule has 0 radical (unpaired) electrons. The predicted molar refractivity (Wildman–Crippen MR) is 82.8 cm³/mol. The Hall–Kier alpha value is -0.340. The number of thiophene rings is 1. The van der Waals surface area contributed by atoms with Gasteiger partial charge in [0.2, 0.25) is 0 Å². The van der Waals surface area contributed by atoms with Crippen molar-refractivity contribution < 1.29 is 13.9 Å². The minimum Gasteiger partial charge on any atom is -0.388 e. The Kier molecular flexibility index (Phi) is 5.30. The highest BCUT2D eigenvalue weighted by molar-refractivity contribution is 9.12. The third kappa shape index (κ3) is 3.28. The van der Waals surface area contributed by atoms with E-state index < -0.39 is 23.7 Å². The van der Waals surface area contributed by atoms with E-state index in [-0.39, 0.29) is 12.1 Å². The maximum absolute atomic E-state index is 13.8. The fraction of sp³-hybridized carbons (Fsp3) is 0.231. The molecule has 0 saturated heterocycles. The van der Waals surface area contributed by atoms with Crippen molar-refractivity contribution in [2.24, 2.45) is 5.73 Å². The van der Waals surface area contributed by atoms with Crippen molar-refractivity contribution in [2.75, 3.05) is 6.54 Å². The fourth-order valence-electron chi connectivity index (χ4n) is 2.00. The number of hydrogen-bond donors (Lipinski definition) is 2. The van der Waals surface area contributed by atoms with Gasteiger partial charge in [0.25, 0.3) is 0 Å². The van der Waals surface area contributed by atoms with Gasteiger partial charge in [0.1, 0.15) is 11.6 Å². The molecule has 0 spiro atoms. The van der Waals surface area contributed by atoms with Crippen LogP contribution in [-0.2, 0) is 0 Å².